The highest BCUT2D eigenvalue weighted by molar-refractivity contribution is 7.21. The minimum Gasteiger partial charge on any atom is -0.324 e. The van der Waals surface area contributed by atoms with Crippen molar-refractivity contribution in [3.8, 4) is 10.6 Å². The van der Waals surface area contributed by atoms with Crippen molar-refractivity contribution in [2.24, 2.45) is 0 Å². The van der Waals surface area contributed by atoms with Gasteiger partial charge in [-0.15, -0.1) is 11.3 Å². The number of nitrogens with zero attached hydrogens (tertiary/aromatic N) is 3. The Kier molecular flexibility index (Phi) is 4.68. The molecule has 0 bridgehead atoms. The first-order valence-corrected chi connectivity index (χ1v) is 9.67. The number of fused-ring (bicyclic) bond motifs is 1. The first-order valence-electron chi connectivity index (χ1n) is 8.48. The summed E-state index contributed by atoms with van der Waals surface area (Å²) < 4.78 is 2.71. The molecule has 136 valence electrons. The number of hydrogen-bond donors (Lipinski definition) is 1. The maximum absolute atomic E-state index is 12.4. The second-order valence-electron chi connectivity index (χ2n) is 6.37. The van der Waals surface area contributed by atoms with Crippen molar-refractivity contribution in [1.29, 1.82) is 0 Å². The van der Waals surface area contributed by atoms with Crippen LogP contribution in [0.5, 0.6) is 0 Å². The summed E-state index contributed by atoms with van der Waals surface area (Å²) in [4.78, 5) is 17.1. The van der Waals surface area contributed by atoms with Crippen molar-refractivity contribution in [2.45, 2.75) is 19.9 Å². The molecule has 1 amide bonds. The highest BCUT2D eigenvalue weighted by atomic mass is 35.5. The van der Waals surface area contributed by atoms with E-state index in [9.17, 15) is 4.79 Å². The van der Waals surface area contributed by atoms with Crippen LogP contribution in [0.4, 0.5) is 5.69 Å². The predicted molar refractivity (Wildman–Crippen MR) is 110 cm³/mol. The molecule has 1 unspecified atom stereocenters. The van der Waals surface area contributed by atoms with Crippen LogP contribution in [0.15, 0.2) is 54.9 Å². The quantitative estimate of drug-likeness (QED) is 0.507. The van der Waals surface area contributed by atoms with Gasteiger partial charge in [0.05, 0.1) is 21.4 Å². The molecule has 2 heterocycles. The fourth-order valence-corrected chi connectivity index (χ4v) is 3.96. The first kappa shape index (κ1) is 17.7. The molecular weight excluding hydrogens is 380 g/mol. The number of aromatic nitrogens is 3. The topological polar surface area (TPSA) is 59.8 Å². The van der Waals surface area contributed by atoms with Crippen LogP contribution in [0, 0.1) is 6.92 Å². The summed E-state index contributed by atoms with van der Waals surface area (Å²) in [5.41, 5.74) is 3.98. The molecule has 0 saturated carbocycles. The van der Waals surface area contributed by atoms with Gasteiger partial charge >= 0.3 is 0 Å². The summed E-state index contributed by atoms with van der Waals surface area (Å²) in [5, 5.41) is 8.45. The summed E-state index contributed by atoms with van der Waals surface area (Å²) in [7, 11) is 0. The second kappa shape index (κ2) is 7.13. The lowest BCUT2D eigenvalue weighted by atomic mass is 10.2. The van der Waals surface area contributed by atoms with Gasteiger partial charge in [-0.3, -0.25) is 9.48 Å². The molecule has 7 heteroatoms. The highest BCUT2D eigenvalue weighted by Crippen LogP contribution is 2.31. The minimum absolute atomic E-state index is 0.155. The van der Waals surface area contributed by atoms with Crippen LogP contribution in [0.2, 0.25) is 5.02 Å². The molecule has 5 nitrogen and oxygen atoms in total. The molecule has 0 aliphatic heterocycles. The number of anilines is 1. The van der Waals surface area contributed by atoms with Gasteiger partial charge in [0.15, 0.2) is 0 Å². The summed E-state index contributed by atoms with van der Waals surface area (Å²) in [6.45, 7) is 3.85. The standard InChI is InChI=1S/C20H17ClN4OS/c1-12-3-8-17-18(9-12)27-20(24-17)14-4-6-16(7-5-14)23-19(26)13(2)25-11-15(21)10-22-25/h3-11,13H,1-2H3,(H,23,26). The van der Waals surface area contributed by atoms with Crippen molar-refractivity contribution in [1.82, 2.24) is 14.8 Å². The molecule has 0 aliphatic rings. The van der Waals surface area contributed by atoms with E-state index in [2.05, 4.69) is 29.5 Å². The van der Waals surface area contributed by atoms with Crippen LogP contribution >= 0.6 is 22.9 Å². The number of hydrogen-bond acceptors (Lipinski definition) is 4. The summed E-state index contributed by atoms with van der Waals surface area (Å²) in [6, 6.07) is 13.5. The highest BCUT2D eigenvalue weighted by Gasteiger charge is 2.16. The van der Waals surface area contributed by atoms with Crippen molar-refractivity contribution in [3.05, 3.63) is 65.4 Å². The Hall–Kier alpha value is -2.70. The monoisotopic (exact) mass is 396 g/mol. The van der Waals surface area contributed by atoms with Gasteiger partial charge in [0.25, 0.3) is 0 Å². The Morgan fingerprint density at radius 2 is 2.00 bits per heavy atom. The molecular formula is C20H17ClN4OS. The Bertz CT molecular complexity index is 1120. The number of benzene rings is 2. The normalized spacial score (nSPS) is 12.3. The van der Waals surface area contributed by atoms with Gasteiger partial charge in [-0.25, -0.2) is 4.98 Å². The van der Waals surface area contributed by atoms with Crippen LogP contribution in [0.3, 0.4) is 0 Å². The van der Waals surface area contributed by atoms with Gasteiger partial charge in [-0.05, 0) is 55.8 Å². The molecule has 0 saturated heterocycles. The van der Waals surface area contributed by atoms with Gasteiger partial charge in [-0.2, -0.15) is 5.10 Å². The molecule has 4 rings (SSSR count). The maximum Gasteiger partial charge on any atom is 0.248 e. The summed E-state index contributed by atoms with van der Waals surface area (Å²) in [5.74, 6) is -0.155. The van der Waals surface area contributed by atoms with Crippen molar-refractivity contribution < 1.29 is 4.79 Å². The van der Waals surface area contributed by atoms with E-state index in [4.69, 9.17) is 16.6 Å². The predicted octanol–water partition coefficient (Wildman–Crippen LogP) is 5.32. The Labute approximate surface area is 165 Å². The smallest absolute Gasteiger partial charge is 0.248 e. The molecule has 0 fully saturated rings. The van der Waals surface area contributed by atoms with Gasteiger partial charge in [-0.1, -0.05) is 17.7 Å². The zero-order valence-electron chi connectivity index (χ0n) is 14.8. The second-order valence-corrected chi connectivity index (χ2v) is 7.84. The fraction of sp³-hybridized carbons (Fsp3) is 0.150. The average molecular weight is 397 g/mol. The third kappa shape index (κ3) is 3.72. The number of carbonyl (C=O) groups excluding carboxylic acids is 1. The number of nitrogens with one attached hydrogen (secondary N) is 1. The lowest BCUT2D eigenvalue weighted by molar-refractivity contribution is -0.119. The third-order valence-electron chi connectivity index (χ3n) is 4.29. The molecule has 1 atom stereocenters. The van der Waals surface area contributed by atoms with E-state index in [1.165, 1.54) is 21.1 Å². The Morgan fingerprint density at radius 3 is 2.70 bits per heavy atom. The summed E-state index contributed by atoms with van der Waals surface area (Å²) >= 11 is 7.53. The van der Waals surface area contributed by atoms with E-state index in [-0.39, 0.29) is 5.91 Å². The zero-order chi connectivity index (χ0) is 19.0. The SMILES string of the molecule is Cc1ccc2nc(-c3ccc(NC(=O)C(C)n4cc(Cl)cn4)cc3)sc2c1. The number of aryl methyl sites for hydroxylation is 1. The number of halogens is 1. The van der Waals surface area contributed by atoms with Crippen molar-refractivity contribution >= 4 is 44.7 Å². The third-order valence-corrected chi connectivity index (χ3v) is 5.55. The number of rotatable bonds is 4. The minimum atomic E-state index is -0.454. The lowest BCUT2D eigenvalue weighted by Crippen LogP contribution is -2.23. The van der Waals surface area contributed by atoms with Crippen molar-refractivity contribution in [2.75, 3.05) is 5.32 Å². The molecule has 0 spiro atoms. The van der Waals surface area contributed by atoms with Crippen LogP contribution in [0.1, 0.15) is 18.5 Å². The molecule has 0 aliphatic carbocycles. The van der Waals surface area contributed by atoms with Gasteiger partial charge in [0.2, 0.25) is 5.91 Å². The van der Waals surface area contributed by atoms with Gasteiger partial charge in [0, 0.05) is 17.4 Å². The van der Waals surface area contributed by atoms with Crippen LogP contribution in [0.25, 0.3) is 20.8 Å². The van der Waals surface area contributed by atoms with E-state index in [1.807, 2.05) is 30.3 Å². The maximum atomic E-state index is 12.4. The van der Waals surface area contributed by atoms with E-state index >= 15 is 0 Å². The van der Waals surface area contributed by atoms with Crippen LogP contribution in [-0.2, 0) is 4.79 Å². The van der Waals surface area contributed by atoms with Gasteiger partial charge < -0.3 is 5.32 Å². The Balaban J connectivity index is 1.50. The van der Waals surface area contributed by atoms with Crippen LogP contribution in [-0.4, -0.2) is 20.7 Å². The first-order chi connectivity index (χ1) is 13.0. The van der Waals surface area contributed by atoms with E-state index in [1.54, 1.807) is 24.5 Å². The molecule has 2 aromatic carbocycles. The largest absolute Gasteiger partial charge is 0.324 e. The molecule has 0 radical (unpaired) electrons. The zero-order valence-corrected chi connectivity index (χ0v) is 16.4. The van der Waals surface area contributed by atoms with Crippen LogP contribution < -0.4 is 5.32 Å². The number of carbonyl (C=O) groups is 1. The Morgan fingerprint density at radius 1 is 1.22 bits per heavy atom. The van der Waals surface area contributed by atoms with E-state index < -0.39 is 6.04 Å². The van der Waals surface area contributed by atoms with E-state index in [0.717, 1.165) is 21.8 Å². The molecule has 1 N–H and O–H groups in total. The number of amides is 1. The number of thiazole rings is 1. The van der Waals surface area contributed by atoms with Gasteiger partial charge in [0.1, 0.15) is 11.0 Å². The van der Waals surface area contributed by atoms with E-state index in [0.29, 0.717) is 5.02 Å². The molecule has 27 heavy (non-hydrogen) atoms. The summed E-state index contributed by atoms with van der Waals surface area (Å²) in [6.07, 6.45) is 3.14. The molecule has 4 aromatic rings. The van der Waals surface area contributed by atoms with Crippen molar-refractivity contribution in [3.63, 3.8) is 0 Å². The fourth-order valence-electron chi connectivity index (χ4n) is 2.74. The lowest BCUT2D eigenvalue weighted by Gasteiger charge is -2.12. The average Bonchev–Trinajstić information content (AvgIpc) is 3.27. The molecule has 2 aromatic heterocycles.